The fourth-order valence-electron chi connectivity index (χ4n) is 1.96. The molecule has 6 nitrogen and oxygen atoms in total. The van der Waals surface area contributed by atoms with Crippen LogP contribution in [0.4, 0.5) is 5.69 Å². The Morgan fingerprint density at radius 1 is 1.13 bits per heavy atom. The fourth-order valence-corrected chi connectivity index (χ4v) is 3.03. The summed E-state index contributed by atoms with van der Waals surface area (Å²) in [4.78, 5) is 23.3. The van der Waals surface area contributed by atoms with Crippen molar-refractivity contribution in [2.75, 3.05) is 23.1 Å². The van der Waals surface area contributed by atoms with E-state index in [1.807, 2.05) is 6.92 Å². The van der Waals surface area contributed by atoms with Crippen molar-refractivity contribution < 1.29 is 18.0 Å². The SMILES string of the molecule is CCCCNC(=O)CN(c1ccc(C(C)=O)cc1)S(=O)(=O)CC. The number of sulfonamides is 1. The number of carbonyl (C=O) groups excluding carboxylic acids is 2. The number of hydrogen-bond donors (Lipinski definition) is 1. The van der Waals surface area contributed by atoms with Crippen molar-refractivity contribution in [3.8, 4) is 0 Å². The molecule has 0 radical (unpaired) electrons. The summed E-state index contributed by atoms with van der Waals surface area (Å²) in [5.41, 5.74) is 0.873. The van der Waals surface area contributed by atoms with Gasteiger partial charge in [-0.2, -0.15) is 0 Å². The Labute approximate surface area is 137 Å². The van der Waals surface area contributed by atoms with Gasteiger partial charge in [-0.05, 0) is 44.5 Å². The molecule has 0 atom stereocenters. The van der Waals surface area contributed by atoms with Gasteiger partial charge in [0.1, 0.15) is 6.54 Å². The van der Waals surface area contributed by atoms with Gasteiger partial charge in [-0.1, -0.05) is 13.3 Å². The molecule has 0 heterocycles. The van der Waals surface area contributed by atoms with Crippen LogP contribution < -0.4 is 9.62 Å². The number of ketones is 1. The van der Waals surface area contributed by atoms with E-state index in [2.05, 4.69) is 5.32 Å². The molecular formula is C16H24N2O4S. The van der Waals surface area contributed by atoms with Crippen molar-refractivity contribution in [1.82, 2.24) is 5.32 Å². The normalized spacial score (nSPS) is 11.1. The first-order valence-corrected chi connectivity index (χ1v) is 9.30. The molecular weight excluding hydrogens is 316 g/mol. The lowest BCUT2D eigenvalue weighted by molar-refractivity contribution is -0.119. The quantitative estimate of drug-likeness (QED) is 0.550. The molecule has 0 saturated carbocycles. The maximum Gasteiger partial charge on any atom is 0.240 e. The zero-order chi connectivity index (χ0) is 17.5. The highest BCUT2D eigenvalue weighted by molar-refractivity contribution is 7.92. The number of hydrogen-bond acceptors (Lipinski definition) is 4. The van der Waals surface area contributed by atoms with Crippen LogP contribution in [0, 0.1) is 0 Å². The van der Waals surface area contributed by atoms with Crippen molar-refractivity contribution in [2.24, 2.45) is 0 Å². The summed E-state index contributed by atoms with van der Waals surface area (Å²) in [6.07, 6.45) is 1.79. The second-order valence-electron chi connectivity index (χ2n) is 5.21. The molecule has 1 amide bonds. The minimum absolute atomic E-state index is 0.0984. The molecule has 128 valence electrons. The van der Waals surface area contributed by atoms with Crippen LogP contribution in [0.1, 0.15) is 44.0 Å². The number of rotatable bonds is 9. The third-order valence-electron chi connectivity index (χ3n) is 3.40. The summed E-state index contributed by atoms with van der Waals surface area (Å²) >= 11 is 0. The van der Waals surface area contributed by atoms with Crippen LogP contribution in [0.2, 0.25) is 0 Å². The molecule has 0 aliphatic carbocycles. The first-order chi connectivity index (χ1) is 10.8. The van der Waals surface area contributed by atoms with Gasteiger partial charge in [0.25, 0.3) is 0 Å². The first kappa shape index (κ1) is 19.2. The Hall–Kier alpha value is -1.89. The number of nitrogens with zero attached hydrogens (tertiary/aromatic N) is 1. The van der Waals surface area contributed by atoms with E-state index in [9.17, 15) is 18.0 Å². The summed E-state index contributed by atoms with van der Waals surface area (Å²) in [5, 5.41) is 2.71. The number of carbonyl (C=O) groups is 2. The van der Waals surface area contributed by atoms with Gasteiger partial charge in [0.15, 0.2) is 5.78 Å². The molecule has 0 fully saturated rings. The smallest absolute Gasteiger partial charge is 0.240 e. The van der Waals surface area contributed by atoms with Crippen molar-refractivity contribution in [1.29, 1.82) is 0 Å². The van der Waals surface area contributed by atoms with Crippen LogP contribution >= 0.6 is 0 Å². The van der Waals surface area contributed by atoms with Gasteiger partial charge in [0.2, 0.25) is 15.9 Å². The average Bonchev–Trinajstić information content (AvgIpc) is 2.53. The maximum absolute atomic E-state index is 12.3. The van der Waals surface area contributed by atoms with Crippen LogP contribution in [0.15, 0.2) is 24.3 Å². The van der Waals surface area contributed by atoms with Crippen molar-refractivity contribution >= 4 is 27.4 Å². The summed E-state index contributed by atoms with van der Waals surface area (Å²) in [6.45, 7) is 5.24. The molecule has 0 spiro atoms. The van der Waals surface area contributed by atoms with Gasteiger partial charge >= 0.3 is 0 Å². The van der Waals surface area contributed by atoms with E-state index in [0.29, 0.717) is 17.8 Å². The highest BCUT2D eigenvalue weighted by Gasteiger charge is 2.23. The molecule has 23 heavy (non-hydrogen) atoms. The number of benzene rings is 1. The second-order valence-corrected chi connectivity index (χ2v) is 7.40. The minimum atomic E-state index is -3.58. The Morgan fingerprint density at radius 2 is 1.74 bits per heavy atom. The lowest BCUT2D eigenvalue weighted by atomic mass is 10.1. The zero-order valence-electron chi connectivity index (χ0n) is 13.8. The molecule has 0 aromatic heterocycles. The minimum Gasteiger partial charge on any atom is -0.355 e. The van der Waals surface area contributed by atoms with Gasteiger partial charge in [-0.15, -0.1) is 0 Å². The largest absolute Gasteiger partial charge is 0.355 e. The average molecular weight is 340 g/mol. The predicted molar refractivity (Wildman–Crippen MR) is 91.2 cm³/mol. The van der Waals surface area contributed by atoms with E-state index >= 15 is 0 Å². The number of amides is 1. The molecule has 1 aromatic carbocycles. The van der Waals surface area contributed by atoms with Gasteiger partial charge in [-0.3, -0.25) is 13.9 Å². The second kappa shape index (κ2) is 8.67. The molecule has 0 bridgehead atoms. The first-order valence-electron chi connectivity index (χ1n) is 7.70. The number of unbranched alkanes of at least 4 members (excludes halogenated alkanes) is 1. The van der Waals surface area contributed by atoms with Gasteiger partial charge in [0.05, 0.1) is 11.4 Å². The topological polar surface area (TPSA) is 83.6 Å². The van der Waals surface area contributed by atoms with Crippen LogP contribution in [0.5, 0.6) is 0 Å². The molecule has 0 aliphatic rings. The predicted octanol–water partition coefficient (Wildman–Crippen LogP) is 1.96. The fraction of sp³-hybridized carbons (Fsp3) is 0.500. The standard InChI is InChI=1S/C16H24N2O4S/c1-4-6-11-17-16(20)12-18(23(21,22)5-2)15-9-7-14(8-10-15)13(3)19/h7-10H,4-6,11-12H2,1-3H3,(H,17,20). The van der Waals surface area contributed by atoms with Crippen molar-refractivity contribution in [2.45, 2.75) is 33.6 Å². The maximum atomic E-state index is 12.3. The molecule has 1 N–H and O–H groups in total. The molecule has 0 unspecified atom stereocenters. The highest BCUT2D eigenvalue weighted by Crippen LogP contribution is 2.19. The summed E-state index contributed by atoms with van der Waals surface area (Å²) in [7, 11) is -3.58. The Kier molecular flexibility index (Phi) is 7.22. The summed E-state index contributed by atoms with van der Waals surface area (Å²) < 4.78 is 25.6. The van der Waals surface area contributed by atoms with E-state index in [1.54, 1.807) is 24.3 Å². The van der Waals surface area contributed by atoms with Crippen LogP contribution in [-0.2, 0) is 14.8 Å². The monoisotopic (exact) mass is 340 g/mol. The third-order valence-corrected chi connectivity index (χ3v) is 5.14. The lowest BCUT2D eigenvalue weighted by Gasteiger charge is -2.23. The van der Waals surface area contributed by atoms with E-state index in [-0.39, 0.29) is 24.0 Å². The van der Waals surface area contributed by atoms with Crippen LogP contribution in [0.3, 0.4) is 0 Å². The summed E-state index contributed by atoms with van der Waals surface area (Å²) in [5.74, 6) is -0.547. The number of nitrogens with one attached hydrogen (secondary N) is 1. The Balaban J connectivity index is 2.97. The van der Waals surface area contributed by atoms with Crippen LogP contribution in [-0.4, -0.2) is 39.0 Å². The summed E-state index contributed by atoms with van der Waals surface area (Å²) in [6, 6.07) is 6.21. The van der Waals surface area contributed by atoms with E-state index < -0.39 is 10.0 Å². The zero-order valence-corrected chi connectivity index (χ0v) is 14.6. The van der Waals surface area contributed by atoms with E-state index in [1.165, 1.54) is 13.8 Å². The Bertz CT molecular complexity index is 639. The molecule has 0 aliphatic heterocycles. The van der Waals surface area contributed by atoms with Gasteiger partial charge in [0, 0.05) is 12.1 Å². The van der Waals surface area contributed by atoms with Crippen molar-refractivity contribution in [3.05, 3.63) is 29.8 Å². The molecule has 1 rings (SSSR count). The van der Waals surface area contributed by atoms with Gasteiger partial charge in [-0.25, -0.2) is 8.42 Å². The van der Waals surface area contributed by atoms with Gasteiger partial charge < -0.3 is 5.32 Å². The lowest BCUT2D eigenvalue weighted by Crippen LogP contribution is -2.41. The third kappa shape index (κ3) is 5.67. The van der Waals surface area contributed by atoms with Crippen molar-refractivity contribution in [3.63, 3.8) is 0 Å². The van der Waals surface area contributed by atoms with E-state index in [0.717, 1.165) is 17.1 Å². The molecule has 1 aromatic rings. The number of anilines is 1. The van der Waals surface area contributed by atoms with E-state index in [4.69, 9.17) is 0 Å². The Morgan fingerprint density at radius 3 is 2.22 bits per heavy atom. The molecule has 0 saturated heterocycles. The number of Topliss-reactive ketones (excluding diaryl/α,β-unsaturated/α-hetero) is 1. The highest BCUT2D eigenvalue weighted by atomic mass is 32.2. The molecule has 7 heteroatoms. The van der Waals surface area contributed by atoms with Crippen LogP contribution in [0.25, 0.3) is 0 Å².